The molecule has 0 aliphatic heterocycles. The van der Waals surface area contributed by atoms with Crippen molar-refractivity contribution in [3.05, 3.63) is 30.1 Å². The number of aromatic nitrogens is 1. The fourth-order valence-corrected chi connectivity index (χ4v) is 2.83. The Balaban J connectivity index is 2.07. The minimum absolute atomic E-state index is 0.0315. The van der Waals surface area contributed by atoms with E-state index in [4.69, 9.17) is 0 Å². The lowest BCUT2D eigenvalue weighted by atomic mass is 9.76. The van der Waals surface area contributed by atoms with E-state index in [1.165, 1.54) is 19.3 Å². The van der Waals surface area contributed by atoms with E-state index in [1.54, 1.807) is 24.4 Å². The molecular formula is C15H22N2O2. The Morgan fingerprint density at radius 3 is 2.74 bits per heavy atom. The Morgan fingerprint density at radius 1 is 1.42 bits per heavy atom. The summed E-state index contributed by atoms with van der Waals surface area (Å²) in [4.78, 5) is 16.2. The van der Waals surface area contributed by atoms with Crippen molar-refractivity contribution in [2.75, 3.05) is 6.61 Å². The van der Waals surface area contributed by atoms with Crippen molar-refractivity contribution >= 4 is 5.91 Å². The first kappa shape index (κ1) is 14.0. The second-order valence-electron chi connectivity index (χ2n) is 5.58. The molecule has 2 rings (SSSR count). The summed E-state index contributed by atoms with van der Waals surface area (Å²) in [7, 11) is 0. The van der Waals surface area contributed by atoms with Crippen LogP contribution in [-0.2, 0) is 0 Å². The summed E-state index contributed by atoms with van der Waals surface area (Å²) in [5.74, 6) is 0.140. The summed E-state index contributed by atoms with van der Waals surface area (Å²) in [6, 6.07) is 5.26. The summed E-state index contributed by atoms with van der Waals surface area (Å²) >= 11 is 0. The summed E-state index contributed by atoms with van der Waals surface area (Å²) in [5.41, 5.74) is -0.146. The molecule has 1 amide bonds. The molecular weight excluding hydrogens is 240 g/mol. The summed E-state index contributed by atoms with van der Waals surface area (Å²) in [6.45, 7) is 1.90. The van der Waals surface area contributed by atoms with Crippen LogP contribution in [0.15, 0.2) is 24.4 Å². The Labute approximate surface area is 114 Å². The number of nitrogens with one attached hydrogen (secondary N) is 1. The number of rotatable bonds is 4. The van der Waals surface area contributed by atoms with Gasteiger partial charge in [0.15, 0.2) is 0 Å². The third kappa shape index (κ3) is 3.32. The monoisotopic (exact) mass is 262 g/mol. The first-order chi connectivity index (χ1) is 9.15. The van der Waals surface area contributed by atoms with Crippen LogP contribution in [0.1, 0.15) is 49.5 Å². The van der Waals surface area contributed by atoms with Gasteiger partial charge in [-0.25, -0.2) is 0 Å². The van der Waals surface area contributed by atoms with Gasteiger partial charge in [-0.3, -0.25) is 9.78 Å². The van der Waals surface area contributed by atoms with Crippen LogP contribution in [-0.4, -0.2) is 28.1 Å². The van der Waals surface area contributed by atoms with Crippen molar-refractivity contribution < 1.29 is 9.90 Å². The van der Waals surface area contributed by atoms with Crippen molar-refractivity contribution in [2.24, 2.45) is 5.92 Å². The highest BCUT2D eigenvalue weighted by molar-refractivity contribution is 5.92. The third-order valence-corrected chi connectivity index (χ3v) is 4.13. The normalized spacial score (nSPS) is 19.7. The van der Waals surface area contributed by atoms with Gasteiger partial charge >= 0.3 is 0 Å². The lowest BCUT2D eigenvalue weighted by Gasteiger charge is -2.39. The zero-order chi connectivity index (χ0) is 13.7. The maximum absolute atomic E-state index is 12.2. The van der Waals surface area contributed by atoms with Crippen molar-refractivity contribution in [3.63, 3.8) is 0 Å². The molecule has 1 fully saturated rings. The zero-order valence-electron chi connectivity index (χ0n) is 11.4. The van der Waals surface area contributed by atoms with Gasteiger partial charge in [-0.15, -0.1) is 0 Å². The SMILES string of the molecule is C[C@](CO)(NC(=O)c1ccccn1)C1CCCCC1. The van der Waals surface area contributed by atoms with Crippen LogP contribution < -0.4 is 5.32 Å². The molecule has 4 nitrogen and oxygen atoms in total. The molecule has 1 aromatic heterocycles. The lowest BCUT2D eigenvalue weighted by molar-refractivity contribution is 0.0675. The van der Waals surface area contributed by atoms with Crippen LogP contribution in [0.2, 0.25) is 0 Å². The minimum atomic E-state index is -0.547. The number of hydrogen-bond acceptors (Lipinski definition) is 3. The molecule has 0 saturated heterocycles. The molecule has 0 aromatic carbocycles. The molecule has 104 valence electrons. The van der Waals surface area contributed by atoms with Gasteiger partial charge in [0, 0.05) is 6.20 Å². The first-order valence-electron chi connectivity index (χ1n) is 7.00. The molecule has 1 saturated carbocycles. The van der Waals surface area contributed by atoms with Crippen molar-refractivity contribution in [1.29, 1.82) is 0 Å². The second kappa shape index (κ2) is 6.15. The highest BCUT2D eigenvalue weighted by atomic mass is 16.3. The standard InChI is InChI=1S/C15H22N2O2/c1-15(11-18,12-7-3-2-4-8-12)17-14(19)13-9-5-6-10-16-13/h5-6,9-10,12,18H,2-4,7-8,11H2,1H3,(H,17,19)/t15-/m1/s1. The van der Waals surface area contributed by atoms with Crippen LogP contribution in [0.4, 0.5) is 0 Å². The summed E-state index contributed by atoms with van der Waals surface area (Å²) < 4.78 is 0. The van der Waals surface area contributed by atoms with Gasteiger partial charge in [0.05, 0.1) is 12.1 Å². The molecule has 4 heteroatoms. The van der Waals surface area contributed by atoms with Gasteiger partial charge < -0.3 is 10.4 Å². The molecule has 1 aliphatic carbocycles. The molecule has 1 aliphatic rings. The van der Waals surface area contributed by atoms with Crippen LogP contribution in [0, 0.1) is 5.92 Å². The summed E-state index contributed by atoms with van der Waals surface area (Å²) in [6.07, 6.45) is 7.36. The van der Waals surface area contributed by atoms with Crippen LogP contribution in [0.5, 0.6) is 0 Å². The maximum Gasteiger partial charge on any atom is 0.270 e. The van der Waals surface area contributed by atoms with Gasteiger partial charge in [-0.1, -0.05) is 25.3 Å². The molecule has 1 aromatic rings. The fraction of sp³-hybridized carbons (Fsp3) is 0.600. The molecule has 1 atom stereocenters. The predicted molar refractivity (Wildman–Crippen MR) is 73.8 cm³/mol. The number of carbonyl (C=O) groups excluding carboxylic acids is 1. The number of amides is 1. The topological polar surface area (TPSA) is 62.2 Å². The van der Waals surface area contributed by atoms with Crippen molar-refractivity contribution in [2.45, 2.75) is 44.6 Å². The number of aliphatic hydroxyl groups is 1. The molecule has 0 unspecified atom stereocenters. The molecule has 19 heavy (non-hydrogen) atoms. The van der Waals surface area contributed by atoms with E-state index >= 15 is 0 Å². The van der Waals surface area contributed by atoms with Gasteiger partial charge in [0.1, 0.15) is 5.69 Å². The number of pyridine rings is 1. The second-order valence-corrected chi connectivity index (χ2v) is 5.58. The quantitative estimate of drug-likeness (QED) is 0.874. The molecule has 1 heterocycles. The van der Waals surface area contributed by atoms with Crippen LogP contribution >= 0.6 is 0 Å². The van der Waals surface area contributed by atoms with Crippen molar-refractivity contribution in [3.8, 4) is 0 Å². The van der Waals surface area contributed by atoms with E-state index < -0.39 is 5.54 Å². The van der Waals surface area contributed by atoms with Crippen LogP contribution in [0.25, 0.3) is 0 Å². The molecule has 0 radical (unpaired) electrons. The van der Waals surface area contributed by atoms with Gasteiger partial charge in [0.25, 0.3) is 5.91 Å². The number of hydrogen-bond donors (Lipinski definition) is 2. The van der Waals surface area contributed by atoms with Gasteiger partial charge in [0.2, 0.25) is 0 Å². The zero-order valence-corrected chi connectivity index (χ0v) is 11.4. The highest BCUT2D eigenvalue weighted by Gasteiger charge is 2.36. The Morgan fingerprint density at radius 2 is 2.16 bits per heavy atom. The highest BCUT2D eigenvalue weighted by Crippen LogP contribution is 2.32. The lowest BCUT2D eigenvalue weighted by Crippen LogP contribution is -2.54. The third-order valence-electron chi connectivity index (χ3n) is 4.13. The van der Waals surface area contributed by atoms with E-state index in [0.29, 0.717) is 11.6 Å². The van der Waals surface area contributed by atoms with Crippen LogP contribution in [0.3, 0.4) is 0 Å². The smallest absolute Gasteiger partial charge is 0.270 e. The molecule has 2 N–H and O–H groups in total. The van der Waals surface area contributed by atoms with E-state index in [2.05, 4.69) is 10.3 Å². The largest absolute Gasteiger partial charge is 0.394 e. The minimum Gasteiger partial charge on any atom is -0.394 e. The van der Waals surface area contributed by atoms with E-state index in [-0.39, 0.29) is 12.5 Å². The number of aliphatic hydroxyl groups excluding tert-OH is 1. The Kier molecular flexibility index (Phi) is 4.53. The average Bonchev–Trinajstić information content (AvgIpc) is 2.49. The van der Waals surface area contributed by atoms with Gasteiger partial charge in [-0.2, -0.15) is 0 Å². The fourth-order valence-electron chi connectivity index (χ4n) is 2.83. The number of nitrogens with zero attached hydrogens (tertiary/aromatic N) is 1. The average molecular weight is 262 g/mol. The maximum atomic E-state index is 12.2. The first-order valence-corrected chi connectivity index (χ1v) is 7.00. The summed E-state index contributed by atoms with van der Waals surface area (Å²) in [5, 5.41) is 12.7. The predicted octanol–water partition coefficient (Wildman–Crippen LogP) is 2.14. The molecule has 0 spiro atoms. The Hall–Kier alpha value is -1.42. The van der Waals surface area contributed by atoms with Crippen molar-refractivity contribution in [1.82, 2.24) is 10.3 Å². The van der Waals surface area contributed by atoms with Gasteiger partial charge in [-0.05, 0) is 37.8 Å². The van der Waals surface area contributed by atoms with E-state index in [1.807, 2.05) is 6.92 Å². The number of carbonyl (C=O) groups is 1. The molecule has 0 bridgehead atoms. The van der Waals surface area contributed by atoms with E-state index in [9.17, 15) is 9.90 Å². The van der Waals surface area contributed by atoms with E-state index in [0.717, 1.165) is 12.8 Å². The Bertz CT molecular complexity index is 415.